The number of aromatic nitrogens is 2. The number of hydrogen-bond acceptors (Lipinski definition) is 3. The topological polar surface area (TPSA) is 74.8 Å². The van der Waals surface area contributed by atoms with E-state index >= 15 is 0 Å². The van der Waals surface area contributed by atoms with Gasteiger partial charge in [-0.3, -0.25) is 5.10 Å². The molecule has 2 N–H and O–H groups in total. The zero-order valence-corrected chi connectivity index (χ0v) is 10.9. The smallest absolute Gasteiger partial charge is 0.211 e. The van der Waals surface area contributed by atoms with Gasteiger partial charge in [-0.1, -0.05) is 19.3 Å². The average Bonchev–Trinajstić information content (AvgIpc) is 2.59. The van der Waals surface area contributed by atoms with Crippen molar-refractivity contribution in [3.63, 3.8) is 0 Å². The van der Waals surface area contributed by atoms with Crippen LogP contribution in [-0.4, -0.2) is 24.4 Å². The van der Waals surface area contributed by atoms with Gasteiger partial charge in [0.15, 0.2) is 0 Å². The summed E-state index contributed by atoms with van der Waals surface area (Å²) in [4.78, 5) is 0. The summed E-state index contributed by atoms with van der Waals surface area (Å²) in [6.45, 7) is 2.21. The maximum absolute atomic E-state index is 11.7. The van der Waals surface area contributed by atoms with Crippen molar-refractivity contribution in [1.82, 2.24) is 14.9 Å². The van der Waals surface area contributed by atoms with Crippen LogP contribution in [-0.2, 0) is 16.6 Å². The van der Waals surface area contributed by atoms with E-state index in [4.69, 9.17) is 0 Å². The van der Waals surface area contributed by atoms with Gasteiger partial charge in [-0.2, -0.15) is 5.10 Å². The molecule has 0 aliphatic heterocycles. The number of aryl methyl sites for hydroxylation is 1. The highest BCUT2D eigenvalue weighted by atomic mass is 32.2. The molecule has 0 saturated heterocycles. The third kappa shape index (κ3) is 3.54. The molecule has 1 aliphatic rings. The molecule has 5 nitrogen and oxygen atoms in total. The van der Waals surface area contributed by atoms with Crippen molar-refractivity contribution in [2.45, 2.75) is 39.2 Å². The monoisotopic (exact) mass is 257 g/mol. The van der Waals surface area contributed by atoms with Crippen LogP contribution in [0.3, 0.4) is 0 Å². The number of aromatic amines is 1. The van der Waals surface area contributed by atoms with E-state index in [0.29, 0.717) is 12.5 Å². The van der Waals surface area contributed by atoms with Gasteiger partial charge in [-0.15, -0.1) is 0 Å². The Bertz CT molecular complexity index is 463. The first-order valence-corrected chi connectivity index (χ1v) is 7.68. The normalized spacial score (nSPS) is 17.0. The Morgan fingerprint density at radius 2 is 2.29 bits per heavy atom. The Morgan fingerprint density at radius 1 is 1.53 bits per heavy atom. The quantitative estimate of drug-likeness (QED) is 0.807. The van der Waals surface area contributed by atoms with Crippen molar-refractivity contribution in [2.24, 2.45) is 5.92 Å². The summed E-state index contributed by atoms with van der Waals surface area (Å²) in [6, 6.07) is 0. The minimum Gasteiger partial charge on any atom is -0.283 e. The maximum atomic E-state index is 11.7. The number of hydrogen-bond donors (Lipinski definition) is 2. The summed E-state index contributed by atoms with van der Waals surface area (Å²) in [5, 5.41) is 6.65. The lowest BCUT2D eigenvalue weighted by Gasteiger charge is -2.24. The molecule has 0 unspecified atom stereocenters. The molecule has 96 valence electrons. The third-order valence-corrected chi connectivity index (χ3v) is 4.79. The molecular weight excluding hydrogens is 238 g/mol. The number of nitrogens with one attached hydrogen (secondary N) is 2. The van der Waals surface area contributed by atoms with Crippen molar-refractivity contribution in [1.29, 1.82) is 0 Å². The minimum absolute atomic E-state index is 0.245. The number of nitrogens with zero attached hydrogens (tertiary/aromatic N) is 1. The predicted molar refractivity (Wildman–Crippen MR) is 65.9 cm³/mol. The second kappa shape index (κ2) is 5.18. The molecular formula is C11H19N3O2S. The van der Waals surface area contributed by atoms with Crippen molar-refractivity contribution in [3.05, 3.63) is 17.5 Å². The molecule has 1 saturated carbocycles. The second-order valence-corrected chi connectivity index (χ2v) is 6.67. The van der Waals surface area contributed by atoms with E-state index in [0.717, 1.165) is 17.7 Å². The van der Waals surface area contributed by atoms with Gasteiger partial charge < -0.3 is 0 Å². The van der Waals surface area contributed by atoms with Gasteiger partial charge in [0.1, 0.15) is 0 Å². The first-order chi connectivity index (χ1) is 8.07. The van der Waals surface area contributed by atoms with Gasteiger partial charge in [0.25, 0.3) is 0 Å². The van der Waals surface area contributed by atoms with Crippen LogP contribution in [0.15, 0.2) is 6.20 Å². The maximum Gasteiger partial charge on any atom is 0.211 e. The SMILES string of the molecule is Cc1[nH]ncc1CNS(=O)(=O)CCC1CCC1. The van der Waals surface area contributed by atoms with Gasteiger partial charge >= 0.3 is 0 Å². The molecule has 17 heavy (non-hydrogen) atoms. The van der Waals surface area contributed by atoms with Crippen LogP contribution in [0.1, 0.15) is 36.9 Å². The van der Waals surface area contributed by atoms with E-state index < -0.39 is 10.0 Å². The van der Waals surface area contributed by atoms with Crippen molar-refractivity contribution in [3.8, 4) is 0 Å². The standard InChI is InChI=1S/C11H19N3O2S/c1-9-11(7-12-14-9)8-13-17(15,16)6-5-10-3-2-4-10/h7,10,13H,2-6,8H2,1H3,(H,12,14). The highest BCUT2D eigenvalue weighted by molar-refractivity contribution is 7.89. The van der Waals surface area contributed by atoms with E-state index in [-0.39, 0.29) is 5.75 Å². The summed E-state index contributed by atoms with van der Waals surface area (Å²) < 4.78 is 26.1. The molecule has 1 aromatic heterocycles. The minimum atomic E-state index is -3.14. The van der Waals surface area contributed by atoms with Gasteiger partial charge in [-0.05, 0) is 19.3 Å². The van der Waals surface area contributed by atoms with E-state index in [2.05, 4.69) is 14.9 Å². The Balaban J connectivity index is 1.78. The molecule has 0 radical (unpaired) electrons. The van der Waals surface area contributed by atoms with Crippen LogP contribution in [0.5, 0.6) is 0 Å². The molecule has 6 heteroatoms. The lowest BCUT2D eigenvalue weighted by atomic mass is 9.84. The molecule has 2 rings (SSSR count). The van der Waals surface area contributed by atoms with Crippen molar-refractivity contribution >= 4 is 10.0 Å². The van der Waals surface area contributed by atoms with Gasteiger partial charge in [0, 0.05) is 17.8 Å². The largest absolute Gasteiger partial charge is 0.283 e. The molecule has 0 spiro atoms. The predicted octanol–water partition coefficient (Wildman–Crippen LogP) is 1.33. The Hall–Kier alpha value is -0.880. The summed E-state index contributed by atoms with van der Waals surface area (Å²) in [5.41, 5.74) is 1.81. The summed E-state index contributed by atoms with van der Waals surface area (Å²) >= 11 is 0. The molecule has 0 amide bonds. The summed E-state index contributed by atoms with van der Waals surface area (Å²) in [6.07, 6.45) is 6.09. The van der Waals surface area contributed by atoms with Crippen molar-refractivity contribution in [2.75, 3.05) is 5.75 Å². The molecule has 1 aromatic rings. The summed E-state index contributed by atoms with van der Waals surface area (Å²) in [5.74, 6) is 0.872. The highest BCUT2D eigenvalue weighted by Gasteiger charge is 2.20. The van der Waals surface area contributed by atoms with E-state index in [9.17, 15) is 8.42 Å². The summed E-state index contributed by atoms with van der Waals surface area (Å²) in [7, 11) is -3.14. The number of rotatable bonds is 6. The molecule has 1 aliphatic carbocycles. The van der Waals surface area contributed by atoms with Crippen LogP contribution in [0.25, 0.3) is 0 Å². The van der Waals surface area contributed by atoms with Crippen LogP contribution < -0.4 is 4.72 Å². The fourth-order valence-corrected chi connectivity index (χ4v) is 3.08. The van der Waals surface area contributed by atoms with Gasteiger partial charge in [0.05, 0.1) is 11.9 Å². The zero-order valence-electron chi connectivity index (χ0n) is 10.1. The highest BCUT2D eigenvalue weighted by Crippen LogP contribution is 2.29. The Kier molecular flexibility index (Phi) is 3.83. The van der Waals surface area contributed by atoms with Crippen molar-refractivity contribution < 1.29 is 8.42 Å². The van der Waals surface area contributed by atoms with E-state index in [1.54, 1.807) is 6.20 Å². The Morgan fingerprint density at radius 3 is 2.82 bits per heavy atom. The van der Waals surface area contributed by atoms with Crippen LogP contribution in [0.4, 0.5) is 0 Å². The molecule has 0 aromatic carbocycles. The lowest BCUT2D eigenvalue weighted by Crippen LogP contribution is -2.28. The second-order valence-electron chi connectivity index (χ2n) is 4.75. The lowest BCUT2D eigenvalue weighted by molar-refractivity contribution is 0.307. The molecule has 1 fully saturated rings. The fourth-order valence-electron chi connectivity index (χ4n) is 1.92. The molecule has 0 bridgehead atoms. The Labute approximate surface area is 102 Å². The van der Waals surface area contributed by atoms with Gasteiger partial charge in [-0.25, -0.2) is 13.1 Å². The van der Waals surface area contributed by atoms with Crippen LogP contribution >= 0.6 is 0 Å². The zero-order chi connectivity index (χ0) is 12.3. The van der Waals surface area contributed by atoms with Crippen LogP contribution in [0, 0.1) is 12.8 Å². The number of H-pyrrole nitrogens is 1. The van der Waals surface area contributed by atoms with E-state index in [1.807, 2.05) is 6.92 Å². The van der Waals surface area contributed by atoms with E-state index in [1.165, 1.54) is 19.3 Å². The van der Waals surface area contributed by atoms with Crippen LogP contribution in [0.2, 0.25) is 0 Å². The number of sulfonamides is 1. The molecule has 0 atom stereocenters. The molecule has 1 heterocycles. The van der Waals surface area contributed by atoms with Gasteiger partial charge in [0.2, 0.25) is 10.0 Å². The fraction of sp³-hybridized carbons (Fsp3) is 0.727. The third-order valence-electron chi connectivity index (χ3n) is 3.44. The first kappa shape index (κ1) is 12.6. The average molecular weight is 257 g/mol. The first-order valence-electron chi connectivity index (χ1n) is 6.03.